The van der Waals surface area contributed by atoms with Gasteiger partial charge in [0.1, 0.15) is 5.75 Å². The Morgan fingerprint density at radius 3 is 3.23 bits per heavy atom. The second kappa shape index (κ2) is 2.25. The summed E-state index contributed by atoms with van der Waals surface area (Å²) in [6.07, 6.45) is 0.867. The van der Waals surface area contributed by atoms with Crippen molar-refractivity contribution in [3.8, 4) is 5.75 Å². The zero-order valence-electron chi connectivity index (χ0n) is 7.09. The minimum atomic E-state index is 0.192. The van der Waals surface area contributed by atoms with Crippen molar-refractivity contribution in [2.45, 2.75) is 6.42 Å². The Bertz CT molecular complexity index is 398. The number of nitrogens with one attached hydrogen (secondary N) is 1. The summed E-state index contributed by atoms with van der Waals surface area (Å²) >= 11 is 0. The van der Waals surface area contributed by atoms with Gasteiger partial charge in [-0.2, -0.15) is 0 Å². The van der Waals surface area contributed by atoms with E-state index in [1.54, 1.807) is 0 Å². The molecule has 0 aromatic heterocycles. The monoisotopic (exact) mass is 175 g/mol. The lowest BCUT2D eigenvalue weighted by Crippen LogP contribution is -2.02. The fraction of sp³-hybridized carbons (Fsp3) is 0.300. The predicted molar refractivity (Wildman–Crippen MR) is 48.5 cm³/mol. The van der Waals surface area contributed by atoms with E-state index in [-0.39, 0.29) is 5.78 Å². The van der Waals surface area contributed by atoms with Crippen molar-refractivity contribution in [1.29, 1.82) is 0 Å². The molecule has 3 nitrogen and oxygen atoms in total. The molecule has 0 bridgehead atoms. The molecule has 1 N–H and O–H groups in total. The zero-order valence-corrected chi connectivity index (χ0v) is 7.09. The van der Waals surface area contributed by atoms with Gasteiger partial charge in [0.05, 0.1) is 13.2 Å². The molecular formula is C10H9NO2. The van der Waals surface area contributed by atoms with Crippen LogP contribution >= 0.6 is 0 Å². The van der Waals surface area contributed by atoms with E-state index in [4.69, 9.17) is 4.74 Å². The first kappa shape index (κ1) is 6.95. The molecule has 0 amide bonds. The van der Waals surface area contributed by atoms with Gasteiger partial charge in [0.15, 0.2) is 5.78 Å². The Labute approximate surface area is 75.7 Å². The topological polar surface area (TPSA) is 38.3 Å². The Morgan fingerprint density at radius 1 is 1.38 bits per heavy atom. The lowest BCUT2D eigenvalue weighted by Gasteiger charge is -2.02. The maximum absolute atomic E-state index is 11.5. The van der Waals surface area contributed by atoms with Gasteiger partial charge in [-0.25, -0.2) is 0 Å². The highest BCUT2D eigenvalue weighted by Gasteiger charge is 2.27. The number of carbonyl (C=O) groups excluding carboxylic acids is 1. The maximum Gasteiger partial charge on any atom is 0.184 e. The minimum absolute atomic E-state index is 0.192. The average molecular weight is 175 g/mol. The van der Waals surface area contributed by atoms with Crippen LogP contribution in [0.2, 0.25) is 0 Å². The minimum Gasteiger partial charge on any atom is -0.493 e. The molecule has 0 radical (unpaired) electrons. The number of carbonyl (C=O) groups is 1. The SMILES string of the molecule is O=C1CNc2ccc3c(c21)CCO3. The van der Waals surface area contributed by atoms with E-state index in [1.807, 2.05) is 12.1 Å². The third kappa shape index (κ3) is 0.813. The van der Waals surface area contributed by atoms with Crippen LogP contribution in [-0.4, -0.2) is 18.9 Å². The van der Waals surface area contributed by atoms with Crippen LogP contribution in [0.25, 0.3) is 0 Å². The van der Waals surface area contributed by atoms with Crippen LogP contribution in [0.4, 0.5) is 5.69 Å². The van der Waals surface area contributed by atoms with Crippen molar-refractivity contribution in [3.05, 3.63) is 23.3 Å². The highest BCUT2D eigenvalue weighted by Crippen LogP contribution is 2.35. The normalized spacial score (nSPS) is 17.7. The summed E-state index contributed by atoms with van der Waals surface area (Å²) in [5, 5.41) is 3.07. The van der Waals surface area contributed by atoms with Crippen LogP contribution in [-0.2, 0) is 6.42 Å². The number of hydrogen-bond donors (Lipinski definition) is 1. The van der Waals surface area contributed by atoms with Crippen LogP contribution < -0.4 is 10.1 Å². The van der Waals surface area contributed by atoms with E-state index in [2.05, 4.69) is 5.32 Å². The van der Waals surface area contributed by atoms with E-state index in [0.717, 1.165) is 29.0 Å². The molecule has 66 valence electrons. The van der Waals surface area contributed by atoms with E-state index < -0.39 is 0 Å². The molecule has 3 heteroatoms. The number of anilines is 1. The number of ketones is 1. The molecule has 1 aromatic rings. The van der Waals surface area contributed by atoms with Crippen LogP contribution in [0.3, 0.4) is 0 Å². The number of benzene rings is 1. The predicted octanol–water partition coefficient (Wildman–Crippen LogP) is 1.23. The average Bonchev–Trinajstić information content (AvgIpc) is 2.70. The summed E-state index contributed by atoms with van der Waals surface area (Å²) in [5.74, 6) is 1.08. The van der Waals surface area contributed by atoms with Gasteiger partial charge >= 0.3 is 0 Å². The standard InChI is InChI=1S/C10H9NO2/c12-8-5-11-7-1-2-9-6(10(7)8)3-4-13-9/h1-2,11H,3-5H2. The fourth-order valence-corrected chi connectivity index (χ4v) is 2.00. The third-order valence-corrected chi connectivity index (χ3v) is 2.60. The molecule has 0 unspecified atom stereocenters. The first-order valence-electron chi connectivity index (χ1n) is 4.42. The molecule has 0 aliphatic carbocycles. The van der Waals surface area contributed by atoms with E-state index in [9.17, 15) is 4.79 Å². The third-order valence-electron chi connectivity index (χ3n) is 2.60. The second-order valence-electron chi connectivity index (χ2n) is 3.34. The Balaban J connectivity index is 2.29. The molecule has 2 aliphatic rings. The van der Waals surface area contributed by atoms with Crippen LogP contribution in [0, 0.1) is 0 Å². The molecule has 0 atom stereocenters. The number of hydrogen-bond acceptors (Lipinski definition) is 3. The molecule has 2 heterocycles. The summed E-state index contributed by atoms with van der Waals surface area (Å²) in [6, 6.07) is 3.86. The molecular weight excluding hydrogens is 166 g/mol. The van der Waals surface area contributed by atoms with Crippen molar-refractivity contribution in [3.63, 3.8) is 0 Å². The van der Waals surface area contributed by atoms with Crippen LogP contribution in [0.1, 0.15) is 15.9 Å². The molecule has 0 saturated carbocycles. The highest BCUT2D eigenvalue weighted by atomic mass is 16.5. The first-order valence-corrected chi connectivity index (χ1v) is 4.42. The summed E-state index contributed by atoms with van der Waals surface area (Å²) < 4.78 is 5.39. The van der Waals surface area contributed by atoms with Gasteiger partial charge < -0.3 is 10.1 Å². The fourth-order valence-electron chi connectivity index (χ4n) is 2.00. The van der Waals surface area contributed by atoms with Gasteiger partial charge in [-0.1, -0.05) is 0 Å². The number of Topliss-reactive ketones (excluding diaryl/α,β-unsaturated/α-hetero) is 1. The zero-order chi connectivity index (χ0) is 8.84. The quantitative estimate of drug-likeness (QED) is 0.644. The van der Waals surface area contributed by atoms with E-state index >= 15 is 0 Å². The first-order chi connectivity index (χ1) is 6.36. The Kier molecular flexibility index (Phi) is 1.20. The molecule has 3 rings (SSSR count). The largest absolute Gasteiger partial charge is 0.493 e. The molecule has 0 fully saturated rings. The number of fused-ring (bicyclic) bond motifs is 3. The second-order valence-corrected chi connectivity index (χ2v) is 3.34. The molecule has 0 spiro atoms. The van der Waals surface area contributed by atoms with Gasteiger partial charge in [-0.3, -0.25) is 4.79 Å². The highest BCUT2D eigenvalue weighted by molar-refractivity contribution is 6.09. The lowest BCUT2D eigenvalue weighted by atomic mass is 10.0. The van der Waals surface area contributed by atoms with E-state index in [1.165, 1.54) is 0 Å². The van der Waals surface area contributed by atoms with Crippen molar-refractivity contribution < 1.29 is 9.53 Å². The molecule has 13 heavy (non-hydrogen) atoms. The summed E-state index contributed by atoms with van der Waals surface area (Å²) in [4.78, 5) is 11.5. The van der Waals surface area contributed by atoms with Gasteiger partial charge in [-0.05, 0) is 12.1 Å². The van der Waals surface area contributed by atoms with E-state index in [0.29, 0.717) is 13.2 Å². The van der Waals surface area contributed by atoms with Crippen molar-refractivity contribution in [2.75, 3.05) is 18.5 Å². The van der Waals surface area contributed by atoms with Gasteiger partial charge in [0.2, 0.25) is 0 Å². The number of ether oxygens (including phenoxy) is 1. The summed E-state index contributed by atoms with van der Waals surface area (Å²) in [7, 11) is 0. The lowest BCUT2D eigenvalue weighted by molar-refractivity contribution is 0.101. The molecule has 2 aliphatic heterocycles. The molecule has 1 aromatic carbocycles. The maximum atomic E-state index is 11.5. The van der Waals surface area contributed by atoms with Crippen molar-refractivity contribution in [1.82, 2.24) is 0 Å². The Hall–Kier alpha value is -1.51. The van der Waals surface area contributed by atoms with Gasteiger partial charge in [0, 0.05) is 23.2 Å². The van der Waals surface area contributed by atoms with Crippen molar-refractivity contribution >= 4 is 11.5 Å². The van der Waals surface area contributed by atoms with Crippen LogP contribution in [0.5, 0.6) is 5.75 Å². The van der Waals surface area contributed by atoms with Crippen LogP contribution in [0.15, 0.2) is 12.1 Å². The smallest absolute Gasteiger partial charge is 0.184 e. The molecule has 0 saturated heterocycles. The number of rotatable bonds is 0. The summed E-state index contributed by atoms with van der Waals surface area (Å²) in [6.45, 7) is 1.14. The van der Waals surface area contributed by atoms with Crippen molar-refractivity contribution in [2.24, 2.45) is 0 Å². The van der Waals surface area contributed by atoms with Gasteiger partial charge in [-0.15, -0.1) is 0 Å². The van der Waals surface area contributed by atoms with Gasteiger partial charge in [0.25, 0.3) is 0 Å². The summed E-state index contributed by atoms with van der Waals surface area (Å²) in [5.41, 5.74) is 2.91. The Morgan fingerprint density at radius 2 is 2.31 bits per heavy atom.